The van der Waals surface area contributed by atoms with Gasteiger partial charge in [-0.2, -0.15) is 4.31 Å². The van der Waals surface area contributed by atoms with Crippen molar-refractivity contribution in [3.05, 3.63) is 71.3 Å². The summed E-state index contributed by atoms with van der Waals surface area (Å²) in [5.41, 5.74) is 3.72. The molecule has 2 unspecified atom stereocenters. The second kappa shape index (κ2) is 5.17. The van der Waals surface area contributed by atoms with E-state index in [1.54, 1.807) is 0 Å². The molecule has 6 rings (SSSR count). The highest BCUT2D eigenvalue weighted by molar-refractivity contribution is 7.90. The quantitative estimate of drug-likeness (QED) is 0.856. The van der Waals surface area contributed by atoms with E-state index in [9.17, 15) is 8.42 Å². The Bertz CT molecular complexity index is 872. The third kappa shape index (κ3) is 2.16. The zero-order valence-electron chi connectivity index (χ0n) is 13.5. The van der Waals surface area contributed by atoms with Crippen molar-refractivity contribution < 1.29 is 8.42 Å². The second-order valence-corrected chi connectivity index (χ2v) is 9.51. The molecule has 0 aromatic heterocycles. The van der Waals surface area contributed by atoms with Crippen LogP contribution >= 0.6 is 0 Å². The molecule has 0 saturated heterocycles. The molecule has 4 heteroatoms. The predicted molar refractivity (Wildman–Crippen MR) is 94.3 cm³/mol. The van der Waals surface area contributed by atoms with Crippen LogP contribution in [0.4, 0.5) is 0 Å². The lowest BCUT2D eigenvalue weighted by molar-refractivity contribution is 0.201. The van der Waals surface area contributed by atoms with Crippen molar-refractivity contribution in [2.24, 2.45) is 0 Å². The van der Waals surface area contributed by atoms with Crippen LogP contribution in [-0.4, -0.2) is 24.0 Å². The molecule has 2 heterocycles. The summed E-state index contributed by atoms with van der Waals surface area (Å²) >= 11 is 0. The van der Waals surface area contributed by atoms with Gasteiger partial charge in [-0.15, -0.1) is 0 Å². The van der Waals surface area contributed by atoms with E-state index in [0.717, 1.165) is 24.8 Å². The van der Waals surface area contributed by atoms with E-state index in [1.807, 2.05) is 28.6 Å². The lowest BCUT2D eigenvalue weighted by atomic mass is 9.76. The summed E-state index contributed by atoms with van der Waals surface area (Å²) in [6.07, 6.45) is 2.73. The van der Waals surface area contributed by atoms with Crippen LogP contribution in [0.2, 0.25) is 0 Å². The number of hydrogen-bond donors (Lipinski definition) is 0. The highest BCUT2D eigenvalue weighted by atomic mass is 32.2. The molecule has 2 aromatic rings. The summed E-state index contributed by atoms with van der Waals surface area (Å²) in [4.78, 5) is 0. The van der Waals surface area contributed by atoms with E-state index in [-0.39, 0.29) is 17.2 Å². The lowest BCUT2D eigenvalue weighted by Crippen LogP contribution is -2.45. The first-order valence-electron chi connectivity index (χ1n) is 8.78. The van der Waals surface area contributed by atoms with Gasteiger partial charge in [0.2, 0.25) is 10.0 Å². The van der Waals surface area contributed by atoms with Crippen LogP contribution in [0, 0.1) is 0 Å². The smallest absolute Gasteiger partial charge is 0.212 e. The minimum absolute atomic E-state index is 0.172. The van der Waals surface area contributed by atoms with Gasteiger partial charge >= 0.3 is 0 Å². The van der Waals surface area contributed by atoms with Crippen molar-refractivity contribution in [1.29, 1.82) is 0 Å². The molecule has 2 aliphatic heterocycles. The number of rotatable bonds is 3. The maximum absolute atomic E-state index is 13.3. The summed E-state index contributed by atoms with van der Waals surface area (Å²) in [5.74, 6) is 0.723. The molecule has 2 aromatic carbocycles. The van der Waals surface area contributed by atoms with Gasteiger partial charge in [-0.05, 0) is 41.9 Å². The Kier molecular flexibility index (Phi) is 3.16. The van der Waals surface area contributed by atoms with Crippen molar-refractivity contribution in [2.75, 3.05) is 0 Å². The highest BCUT2D eigenvalue weighted by Crippen LogP contribution is 2.51. The molecule has 4 aliphatic rings. The molecule has 0 spiro atoms. The standard InChI is InChI=1S/C20H21NO2S/c22-24(23,20-12-19(20)14-6-2-1-3-7-14)21-13-15-8-4-5-9-18(15)16-10-17(21)11-16/h1-9,16-17,19-20H,10-13H2. The summed E-state index contributed by atoms with van der Waals surface area (Å²) in [6.45, 7) is 0.553. The first-order chi connectivity index (χ1) is 11.6. The number of fused-ring (bicyclic) bond motifs is 1. The Morgan fingerprint density at radius 3 is 2.38 bits per heavy atom. The van der Waals surface area contributed by atoms with Crippen LogP contribution < -0.4 is 0 Å². The van der Waals surface area contributed by atoms with E-state index in [0.29, 0.717) is 12.5 Å². The van der Waals surface area contributed by atoms with E-state index in [4.69, 9.17) is 0 Å². The molecule has 24 heavy (non-hydrogen) atoms. The van der Waals surface area contributed by atoms with E-state index in [2.05, 4.69) is 30.3 Å². The molecule has 2 bridgehead atoms. The van der Waals surface area contributed by atoms with Gasteiger partial charge in [0.25, 0.3) is 0 Å². The van der Waals surface area contributed by atoms with Gasteiger partial charge in [0.15, 0.2) is 0 Å². The zero-order valence-corrected chi connectivity index (χ0v) is 14.3. The Morgan fingerprint density at radius 1 is 0.875 bits per heavy atom. The minimum Gasteiger partial charge on any atom is -0.212 e. The molecule has 2 aliphatic carbocycles. The summed E-state index contributed by atoms with van der Waals surface area (Å²) in [7, 11) is -3.23. The Balaban J connectivity index is 1.44. The number of sulfonamides is 1. The number of hydrogen-bond acceptors (Lipinski definition) is 2. The van der Waals surface area contributed by atoms with Crippen molar-refractivity contribution in [1.82, 2.24) is 4.31 Å². The van der Waals surface area contributed by atoms with Gasteiger partial charge in [0.05, 0.1) is 5.25 Å². The van der Waals surface area contributed by atoms with E-state index < -0.39 is 10.0 Å². The van der Waals surface area contributed by atoms with Crippen LogP contribution in [0.5, 0.6) is 0 Å². The first-order valence-corrected chi connectivity index (χ1v) is 10.3. The fourth-order valence-corrected chi connectivity index (χ4v) is 6.75. The lowest BCUT2D eigenvalue weighted by Gasteiger charge is -2.39. The fourth-order valence-electron chi connectivity index (χ4n) is 4.47. The minimum atomic E-state index is -3.23. The molecular formula is C20H21NO2S. The fraction of sp³-hybridized carbons (Fsp3) is 0.400. The van der Waals surface area contributed by atoms with Gasteiger partial charge in [0, 0.05) is 18.5 Å². The van der Waals surface area contributed by atoms with Crippen LogP contribution in [0.3, 0.4) is 0 Å². The van der Waals surface area contributed by atoms with Gasteiger partial charge in [-0.3, -0.25) is 0 Å². The summed E-state index contributed by atoms with van der Waals surface area (Å²) in [6, 6.07) is 18.6. The maximum atomic E-state index is 13.3. The highest BCUT2D eigenvalue weighted by Gasteiger charge is 2.54. The SMILES string of the molecule is O=S(=O)(C1CC1c1ccccc1)N1Cc2ccccc2C2CC1C2. The van der Waals surface area contributed by atoms with Gasteiger partial charge in [0.1, 0.15) is 0 Å². The van der Waals surface area contributed by atoms with Crippen LogP contribution in [0.25, 0.3) is 0 Å². The van der Waals surface area contributed by atoms with E-state index in [1.165, 1.54) is 11.1 Å². The summed E-state index contributed by atoms with van der Waals surface area (Å²) in [5, 5.41) is -0.232. The summed E-state index contributed by atoms with van der Waals surface area (Å²) < 4.78 is 28.3. The third-order valence-corrected chi connectivity index (χ3v) is 8.38. The maximum Gasteiger partial charge on any atom is 0.218 e. The van der Waals surface area contributed by atoms with Crippen molar-refractivity contribution in [2.45, 2.75) is 48.9 Å². The Morgan fingerprint density at radius 2 is 1.58 bits per heavy atom. The molecule has 0 radical (unpaired) electrons. The Labute approximate surface area is 143 Å². The Hall–Kier alpha value is -1.65. The van der Waals surface area contributed by atoms with Crippen molar-refractivity contribution in [3.8, 4) is 0 Å². The molecule has 2 fully saturated rings. The van der Waals surface area contributed by atoms with E-state index >= 15 is 0 Å². The average Bonchev–Trinajstić information content (AvgIpc) is 3.38. The molecule has 2 atom stereocenters. The monoisotopic (exact) mass is 339 g/mol. The average molecular weight is 339 g/mol. The largest absolute Gasteiger partial charge is 0.218 e. The van der Waals surface area contributed by atoms with Crippen LogP contribution in [-0.2, 0) is 16.6 Å². The first kappa shape index (κ1) is 14.7. The molecule has 0 amide bonds. The second-order valence-electron chi connectivity index (χ2n) is 7.40. The van der Waals surface area contributed by atoms with Gasteiger partial charge < -0.3 is 0 Å². The number of benzene rings is 2. The van der Waals surface area contributed by atoms with Crippen molar-refractivity contribution in [3.63, 3.8) is 0 Å². The molecule has 124 valence electrons. The van der Waals surface area contributed by atoms with Crippen LogP contribution in [0.1, 0.15) is 47.8 Å². The normalized spacial score (nSPS) is 31.7. The molecule has 0 N–H and O–H groups in total. The number of nitrogens with zero attached hydrogens (tertiary/aromatic N) is 1. The van der Waals surface area contributed by atoms with Gasteiger partial charge in [-0.25, -0.2) is 8.42 Å². The van der Waals surface area contributed by atoms with Crippen LogP contribution in [0.15, 0.2) is 54.6 Å². The molecular weight excluding hydrogens is 318 g/mol. The molecule has 3 nitrogen and oxygen atoms in total. The zero-order chi connectivity index (χ0) is 16.3. The topological polar surface area (TPSA) is 37.4 Å². The van der Waals surface area contributed by atoms with Gasteiger partial charge in [-0.1, -0.05) is 54.6 Å². The predicted octanol–water partition coefficient (Wildman–Crippen LogP) is 3.63. The van der Waals surface area contributed by atoms with Crippen molar-refractivity contribution >= 4 is 10.0 Å². The molecule has 2 saturated carbocycles. The third-order valence-electron chi connectivity index (χ3n) is 6.01.